The average molecular weight is 267 g/mol. The minimum Gasteiger partial charge on any atom is -0.373 e. The van der Waals surface area contributed by atoms with E-state index < -0.39 is 0 Å². The number of rotatable bonds is 6. The lowest BCUT2D eigenvalue weighted by molar-refractivity contribution is -0.0380. The van der Waals surface area contributed by atoms with Gasteiger partial charge in [0.05, 0.1) is 36.7 Å². The first-order valence-electron chi connectivity index (χ1n) is 6.10. The molecule has 0 aliphatic rings. The van der Waals surface area contributed by atoms with Crippen molar-refractivity contribution in [1.29, 1.82) is 0 Å². The number of carbonyl (C=O) groups excluding carboxylic acids is 1. The fourth-order valence-electron chi connectivity index (χ4n) is 1.31. The van der Waals surface area contributed by atoms with Crippen LogP contribution in [0.3, 0.4) is 0 Å². The van der Waals surface area contributed by atoms with Gasteiger partial charge in [0.1, 0.15) is 0 Å². The molecule has 0 atom stereocenters. The number of carbonyl (C=O) groups is 1. The minimum absolute atomic E-state index is 0.154. The highest BCUT2D eigenvalue weighted by molar-refractivity contribution is 5.93. The summed E-state index contributed by atoms with van der Waals surface area (Å²) in [5, 5.41) is 0. The quantitative estimate of drug-likeness (QED) is 0.348. The molecular formula is C13H21N3O3. The summed E-state index contributed by atoms with van der Waals surface area (Å²) in [4.78, 5) is 15.3. The van der Waals surface area contributed by atoms with Gasteiger partial charge in [-0.25, -0.2) is 5.84 Å². The minimum atomic E-state index is -0.362. The van der Waals surface area contributed by atoms with Crippen molar-refractivity contribution in [2.24, 2.45) is 5.84 Å². The average Bonchev–Trinajstić information content (AvgIpc) is 2.37. The molecule has 0 saturated heterocycles. The lowest BCUT2D eigenvalue weighted by Crippen LogP contribution is -2.30. The maximum absolute atomic E-state index is 11.2. The smallest absolute Gasteiger partial charge is 0.266 e. The van der Waals surface area contributed by atoms with Gasteiger partial charge < -0.3 is 9.47 Å². The van der Waals surface area contributed by atoms with E-state index >= 15 is 0 Å². The normalized spacial score (nSPS) is 11.4. The maximum atomic E-state index is 11.2. The molecule has 19 heavy (non-hydrogen) atoms. The Morgan fingerprint density at radius 1 is 1.37 bits per heavy atom. The Kier molecular flexibility index (Phi) is 5.88. The van der Waals surface area contributed by atoms with E-state index in [0.717, 1.165) is 5.69 Å². The number of pyridine rings is 1. The predicted octanol–water partition coefficient (Wildman–Crippen LogP) is 1.02. The van der Waals surface area contributed by atoms with Gasteiger partial charge in [0.2, 0.25) is 0 Å². The van der Waals surface area contributed by atoms with Crippen LogP contribution in [0.2, 0.25) is 0 Å². The molecule has 106 valence electrons. The Morgan fingerprint density at radius 3 is 2.63 bits per heavy atom. The van der Waals surface area contributed by atoms with Crippen molar-refractivity contribution in [2.45, 2.75) is 33.0 Å². The zero-order valence-corrected chi connectivity index (χ0v) is 11.6. The summed E-state index contributed by atoms with van der Waals surface area (Å²) in [6.45, 7) is 7.42. The highest BCUT2D eigenvalue weighted by Crippen LogP contribution is 2.06. The second-order valence-electron chi connectivity index (χ2n) is 5.03. The molecule has 0 unspecified atom stereocenters. The number of hydrogen-bond donors (Lipinski definition) is 2. The molecule has 0 aliphatic heterocycles. The van der Waals surface area contributed by atoms with E-state index in [1.54, 1.807) is 12.1 Å². The van der Waals surface area contributed by atoms with Gasteiger partial charge in [-0.2, -0.15) is 0 Å². The summed E-state index contributed by atoms with van der Waals surface area (Å²) >= 11 is 0. The molecule has 0 aromatic carbocycles. The number of nitrogens with zero attached hydrogens (tertiary/aromatic N) is 1. The van der Waals surface area contributed by atoms with Crippen LogP contribution in [0.5, 0.6) is 0 Å². The molecule has 1 heterocycles. The summed E-state index contributed by atoms with van der Waals surface area (Å²) in [7, 11) is 0. The van der Waals surface area contributed by atoms with Gasteiger partial charge >= 0.3 is 0 Å². The second kappa shape index (κ2) is 7.18. The molecule has 0 saturated carbocycles. The van der Waals surface area contributed by atoms with Crippen LogP contribution < -0.4 is 11.3 Å². The Morgan fingerprint density at radius 2 is 2.11 bits per heavy atom. The van der Waals surface area contributed by atoms with Crippen LogP contribution in [0.25, 0.3) is 0 Å². The summed E-state index contributed by atoms with van der Waals surface area (Å²) in [6, 6.07) is 3.38. The van der Waals surface area contributed by atoms with E-state index in [-0.39, 0.29) is 11.5 Å². The third-order valence-corrected chi connectivity index (χ3v) is 2.23. The van der Waals surface area contributed by atoms with Crippen molar-refractivity contribution in [3.8, 4) is 0 Å². The van der Waals surface area contributed by atoms with Crippen molar-refractivity contribution in [2.75, 3.05) is 13.2 Å². The van der Waals surface area contributed by atoms with E-state index in [1.165, 1.54) is 6.20 Å². The molecule has 0 bridgehead atoms. The Hall–Kier alpha value is -1.50. The first-order valence-corrected chi connectivity index (χ1v) is 6.10. The largest absolute Gasteiger partial charge is 0.373 e. The number of aromatic nitrogens is 1. The molecule has 1 aromatic heterocycles. The molecule has 1 aromatic rings. The lowest BCUT2D eigenvalue weighted by atomic mass is 10.2. The van der Waals surface area contributed by atoms with Gasteiger partial charge in [0.15, 0.2) is 0 Å². The van der Waals surface area contributed by atoms with E-state index in [1.807, 2.05) is 26.2 Å². The van der Waals surface area contributed by atoms with E-state index in [0.29, 0.717) is 25.4 Å². The van der Waals surface area contributed by atoms with E-state index in [4.69, 9.17) is 15.3 Å². The number of nitrogens with two attached hydrogens (primary N) is 1. The van der Waals surface area contributed by atoms with Crippen molar-refractivity contribution in [3.63, 3.8) is 0 Å². The Balaban J connectivity index is 2.29. The summed E-state index contributed by atoms with van der Waals surface area (Å²) in [6.07, 6.45) is 1.46. The zero-order chi connectivity index (χ0) is 14.3. The number of hydrogen-bond acceptors (Lipinski definition) is 5. The van der Waals surface area contributed by atoms with Gasteiger partial charge in [-0.15, -0.1) is 0 Å². The van der Waals surface area contributed by atoms with Gasteiger partial charge in [0.25, 0.3) is 5.91 Å². The molecule has 0 radical (unpaired) electrons. The zero-order valence-electron chi connectivity index (χ0n) is 11.6. The maximum Gasteiger partial charge on any atom is 0.266 e. The fourth-order valence-corrected chi connectivity index (χ4v) is 1.31. The second-order valence-corrected chi connectivity index (χ2v) is 5.03. The predicted molar refractivity (Wildman–Crippen MR) is 71.3 cm³/mol. The van der Waals surface area contributed by atoms with Crippen LogP contribution in [0, 0.1) is 0 Å². The first kappa shape index (κ1) is 15.6. The number of nitrogens with one attached hydrogen (secondary N) is 1. The van der Waals surface area contributed by atoms with Crippen molar-refractivity contribution in [3.05, 3.63) is 29.6 Å². The van der Waals surface area contributed by atoms with Crippen LogP contribution >= 0.6 is 0 Å². The molecule has 1 rings (SSSR count). The van der Waals surface area contributed by atoms with Gasteiger partial charge in [-0.05, 0) is 32.9 Å². The monoisotopic (exact) mass is 267 g/mol. The molecule has 6 nitrogen and oxygen atoms in total. The third kappa shape index (κ3) is 6.28. The van der Waals surface area contributed by atoms with E-state index in [9.17, 15) is 4.79 Å². The van der Waals surface area contributed by atoms with E-state index in [2.05, 4.69) is 4.98 Å². The summed E-state index contributed by atoms with van der Waals surface area (Å²) < 4.78 is 10.9. The molecular weight excluding hydrogens is 246 g/mol. The van der Waals surface area contributed by atoms with Gasteiger partial charge in [0, 0.05) is 6.20 Å². The first-order chi connectivity index (χ1) is 8.92. The molecule has 6 heteroatoms. The summed E-state index contributed by atoms with van der Waals surface area (Å²) in [5.74, 6) is 4.66. The van der Waals surface area contributed by atoms with Crippen LogP contribution in [0.4, 0.5) is 0 Å². The molecule has 3 N–H and O–H groups in total. The van der Waals surface area contributed by atoms with Crippen LogP contribution in [0.1, 0.15) is 36.8 Å². The number of amides is 1. The van der Waals surface area contributed by atoms with Crippen molar-refractivity contribution in [1.82, 2.24) is 10.4 Å². The topological polar surface area (TPSA) is 86.5 Å². The molecule has 1 amide bonds. The van der Waals surface area contributed by atoms with Crippen LogP contribution in [-0.2, 0) is 16.1 Å². The third-order valence-electron chi connectivity index (χ3n) is 2.23. The SMILES string of the molecule is CC(C)(C)OCCOCc1ccc(C(=O)NN)cn1. The Bertz CT molecular complexity index is 399. The standard InChI is InChI=1S/C13H21N3O3/c1-13(2,3)19-7-6-18-9-11-5-4-10(8-15-11)12(17)16-14/h4-5,8H,6-7,9,14H2,1-3H3,(H,16,17). The summed E-state index contributed by atoms with van der Waals surface area (Å²) in [5.41, 5.74) is 3.07. The number of hydrazine groups is 1. The number of ether oxygens (including phenoxy) is 2. The molecule has 0 spiro atoms. The van der Waals surface area contributed by atoms with Crippen LogP contribution in [-0.4, -0.2) is 29.7 Å². The van der Waals surface area contributed by atoms with Crippen molar-refractivity contribution >= 4 is 5.91 Å². The fraction of sp³-hybridized carbons (Fsp3) is 0.538. The van der Waals surface area contributed by atoms with Crippen LogP contribution in [0.15, 0.2) is 18.3 Å². The molecule has 0 fully saturated rings. The highest BCUT2D eigenvalue weighted by atomic mass is 16.5. The number of nitrogen functional groups attached to an aromatic ring is 1. The molecule has 0 aliphatic carbocycles. The lowest BCUT2D eigenvalue weighted by Gasteiger charge is -2.19. The Labute approximate surface area is 113 Å². The van der Waals surface area contributed by atoms with Gasteiger partial charge in [-0.1, -0.05) is 0 Å². The van der Waals surface area contributed by atoms with Gasteiger partial charge in [-0.3, -0.25) is 15.2 Å². The highest BCUT2D eigenvalue weighted by Gasteiger charge is 2.09. The van der Waals surface area contributed by atoms with Crippen molar-refractivity contribution < 1.29 is 14.3 Å².